The second kappa shape index (κ2) is 7.98. The summed E-state index contributed by atoms with van der Waals surface area (Å²) < 4.78 is 5.99. The van der Waals surface area contributed by atoms with Crippen molar-refractivity contribution in [3.8, 4) is 5.75 Å². The molecule has 0 aliphatic heterocycles. The average Bonchev–Trinajstić information content (AvgIpc) is 3.02. The summed E-state index contributed by atoms with van der Waals surface area (Å²) in [5, 5.41) is 13.8. The Balaban J connectivity index is 1.57. The minimum absolute atomic E-state index is 0.479. The molecule has 0 unspecified atom stereocenters. The maximum absolute atomic E-state index is 10.4. The molecule has 0 spiro atoms. The molecule has 2 aromatic rings. The Kier molecular flexibility index (Phi) is 5.71. The SMILES string of the molecule is Cc1cc(CNCC2(O)CCCC2)cc(C)c1OCc1ccccn1. The van der Waals surface area contributed by atoms with E-state index in [4.69, 9.17) is 4.74 Å². The number of ether oxygens (including phenoxy) is 1. The van der Waals surface area contributed by atoms with Gasteiger partial charge in [-0.05, 0) is 55.5 Å². The Morgan fingerprint density at radius 1 is 1.16 bits per heavy atom. The van der Waals surface area contributed by atoms with Gasteiger partial charge in [0, 0.05) is 19.3 Å². The molecule has 1 aliphatic carbocycles. The van der Waals surface area contributed by atoms with Crippen LogP contribution in [0.25, 0.3) is 0 Å². The third kappa shape index (κ3) is 4.80. The number of aromatic nitrogens is 1. The molecule has 1 aromatic heterocycles. The molecule has 0 bridgehead atoms. The fourth-order valence-electron chi connectivity index (χ4n) is 3.65. The van der Waals surface area contributed by atoms with Crippen LogP contribution in [-0.4, -0.2) is 22.2 Å². The van der Waals surface area contributed by atoms with Gasteiger partial charge in [-0.2, -0.15) is 0 Å². The van der Waals surface area contributed by atoms with Crippen LogP contribution in [0.4, 0.5) is 0 Å². The highest BCUT2D eigenvalue weighted by molar-refractivity contribution is 5.43. The summed E-state index contributed by atoms with van der Waals surface area (Å²) in [7, 11) is 0. The zero-order valence-corrected chi connectivity index (χ0v) is 15.2. The van der Waals surface area contributed by atoms with Gasteiger partial charge >= 0.3 is 0 Å². The predicted molar refractivity (Wildman–Crippen MR) is 99.6 cm³/mol. The highest BCUT2D eigenvalue weighted by atomic mass is 16.5. The van der Waals surface area contributed by atoms with Crippen molar-refractivity contribution in [1.29, 1.82) is 0 Å². The van der Waals surface area contributed by atoms with E-state index in [9.17, 15) is 5.11 Å². The van der Waals surface area contributed by atoms with E-state index in [0.717, 1.165) is 54.8 Å². The van der Waals surface area contributed by atoms with Gasteiger partial charge in [-0.15, -0.1) is 0 Å². The van der Waals surface area contributed by atoms with E-state index in [1.165, 1.54) is 5.56 Å². The summed E-state index contributed by atoms with van der Waals surface area (Å²) in [6.07, 6.45) is 5.89. The van der Waals surface area contributed by atoms with Crippen molar-refractivity contribution in [2.45, 2.75) is 58.3 Å². The Morgan fingerprint density at radius 3 is 2.52 bits per heavy atom. The van der Waals surface area contributed by atoms with Crippen molar-refractivity contribution in [2.24, 2.45) is 0 Å². The maximum atomic E-state index is 10.4. The second-order valence-electron chi connectivity index (χ2n) is 7.20. The quantitative estimate of drug-likeness (QED) is 0.807. The largest absolute Gasteiger partial charge is 0.487 e. The van der Waals surface area contributed by atoms with Crippen LogP contribution in [0, 0.1) is 13.8 Å². The van der Waals surface area contributed by atoms with E-state index >= 15 is 0 Å². The van der Waals surface area contributed by atoms with E-state index in [2.05, 4.69) is 36.3 Å². The molecular formula is C21H28N2O2. The molecule has 0 amide bonds. The molecule has 134 valence electrons. The summed E-state index contributed by atoms with van der Waals surface area (Å²) in [6, 6.07) is 10.2. The number of nitrogens with zero attached hydrogens (tertiary/aromatic N) is 1. The molecule has 1 heterocycles. The lowest BCUT2D eigenvalue weighted by molar-refractivity contribution is 0.0475. The first kappa shape index (κ1) is 17.9. The van der Waals surface area contributed by atoms with Gasteiger partial charge < -0.3 is 15.2 Å². The van der Waals surface area contributed by atoms with Gasteiger partial charge in [0.25, 0.3) is 0 Å². The molecule has 25 heavy (non-hydrogen) atoms. The van der Waals surface area contributed by atoms with E-state index < -0.39 is 5.60 Å². The monoisotopic (exact) mass is 340 g/mol. The lowest BCUT2D eigenvalue weighted by Gasteiger charge is -2.22. The van der Waals surface area contributed by atoms with Crippen LogP contribution in [0.2, 0.25) is 0 Å². The predicted octanol–water partition coefficient (Wildman–Crippen LogP) is 3.67. The topological polar surface area (TPSA) is 54.4 Å². The van der Waals surface area contributed by atoms with Crippen LogP contribution in [0.15, 0.2) is 36.5 Å². The summed E-state index contributed by atoms with van der Waals surface area (Å²) in [5.74, 6) is 0.934. The molecule has 1 aliphatic rings. The zero-order valence-electron chi connectivity index (χ0n) is 15.2. The fourth-order valence-corrected chi connectivity index (χ4v) is 3.65. The minimum Gasteiger partial charge on any atom is -0.487 e. The van der Waals surface area contributed by atoms with E-state index in [1.807, 2.05) is 18.2 Å². The molecule has 2 N–H and O–H groups in total. The number of hydrogen-bond acceptors (Lipinski definition) is 4. The summed E-state index contributed by atoms with van der Waals surface area (Å²) in [6.45, 7) is 6.07. The second-order valence-corrected chi connectivity index (χ2v) is 7.20. The van der Waals surface area contributed by atoms with Crippen LogP contribution in [0.5, 0.6) is 5.75 Å². The van der Waals surface area contributed by atoms with Gasteiger partial charge in [0.15, 0.2) is 0 Å². The van der Waals surface area contributed by atoms with Crippen molar-refractivity contribution in [1.82, 2.24) is 10.3 Å². The lowest BCUT2D eigenvalue weighted by Crippen LogP contribution is -2.37. The van der Waals surface area contributed by atoms with Gasteiger partial charge in [-0.25, -0.2) is 0 Å². The zero-order chi connectivity index (χ0) is 17.7. The number of aryl methyl sites for hydroxylation is 2. The molecule has 0 atom stereocenters. The molecule has 0 radical (unpaired) electrons. The van der Waals surface area contributed by atoms with Gasteiger partial charge in [-0.3, -0.25) is 4.98 Å². The van der Waals surface area contributed by atoms with Gasteiger partial charge in [-0.1, -0.05) is 31.0 Å². The van der Waals surface area contributed by atoms with E-state index in [1.54, 1.807) is 6.20 Å². The van der Waals surface area contributed by atoms with Crippen LogP contribution in [0.1, 0.15) is 48.1 Å². The van der Waals surface area contributed by atoms with Crippen molar-refractivity contribution in [3.05, 3.63) is 58.9 Å². The summed E-state index contributed by atoms with van der Waals surface area (Å²) in [5.41, 5.74) is 3.91. The van der Waals surface area contributed by atoms with Crippen LogP contribution in [-0.2, 0) is 13.2 Å². The number of benzene rings is 1. The molecular weight excluding hydrogens is 312 g/mol. The molecule has 1 aromatic carbocycles. The number of pyridine rings is 1. The van der Waals surface area contributed by atoms with Crippen LogP contribution in [0.3, 0.4) is 0 Å². The van der Waals surface area contributed by atoms with Gasteiger partial charge in [0.1, 0.15) is 12.4 Å². The Bertz CT molecular complexity index is 671. The summed E-state index contributed by atoms with van der Waals surface area (Å²) >= 11 is 0. The lowest BCUT2D eigenvalue weighted by atomic mass is 10.0. The van der Waals surface area contributed by atoms with Gasteiger partial charge in [0.2, 0.25) is 0 Å². The first-order valence-electron chi connectivity index (χ1n) is 9.12. The fraction of sp³-hybridized carbons (Fsp3) is 0.476. The number of rotatable bonds is 7. The molecule has 4 nitrogen and oxygen atoms in total. The van der Waals surface area contributed by atoms with E-state index in [-0.39, 0.29) is 0 Å². The third-order valence-corrected chi connectivity index (χ3v) is 4.93. The smallest absolute Gasteiger partial charge is 0.130 e. The first-order chi connectivity index (χ1) is 12.1. The normalized spacial score (nSPS) is 16.1. The number of hydrogen-bond donors (Lipinski definition) is 2. The molecule has 1 saturated carbocycles. The van der Waals surface area contributed by atoms with Crippen LogP contribution >= 0.6 is 0 Å². The summed E-state index contributed by atoms with van der Waals surface area (Å²) in [4.78, 5) is 4.30. The molecule has 3 rings (SSSR count). The third-order valence-electron chi connectivity index (χ3n) is 4.93. The molecule has 0 saturated heterocycles. The average molecular weight is 340 g/mol. The molecule has 4 heteroatoms. The van der Waals surface area contributed by atoms with E-state index in [0.29, 0.717) is 13.2 Å². The van der Waals surface area contributed by atoms with Crippen molar-refractivity contribution < 1.29 is 9.84 Å². The highest BCUT2D eigenvalue weighted by Crippen LogP contribution is 2.29. The van der Waals surface area contributed by atoms with Crippen molar-refractivity contribution >= 4 is 0 Å². The Labute approximate surface area is 150 Å². The number of nitrogens with one attached hydrogen (secondary N) is 1. The standard InChI is InChI=1S/C21H28N2O2/c1-16-11-18(13-22-15-21(24)8-4-5-9-21)12-17(2)20(16)25-14-19-7-3-6-10-23-19/h3,6-7,10-12,22,24H,4-5,8-9,13-15H2,1-2H3. The minimum atomic E-state index is -0.504. The number of aliphatic hydroxyl groups is 1. The van der Waals surface area contributed by atoms with Gasteiger partial charge in [0.05, 0.1) is 11.3 Å². The van der Waals surface area contributed by atoms with Crippen LogP contribution < -0.4 is 10.1 Å². The van der Waals surface area contributed by atoms with Crippen molar-refractivity contribution in [2.75, 3.05) is 6.54 Å². The Morgan fingerprint density at radius 2 is 1.88 bits per heavy atom. The maximum Gasteiger partial charge on any atom is 0.130 e. The first-order valence-corrected chi connectivity index (χ1v) is 9.12. The molecule has 1 fully saturated rings. The highest BCUT2D eigenvalue weighted by Gasteiger charge is 2.30. The van der Waals surface area contributed by atoms with Crippen molar-refractivity contribution in [3.63, 3.8) is 0 Å². The Hall–Kier alpha value is -1.91.